The number of hydrogen-bond donors (Lipinski definition) is 2. The molecule has 1 fully saturated rings. The summed E-state index contributed by atoms with van der Waals surface area (Å²) in [4.78, 5) is 24.2. The van der Waals surface area contributed by atoms with Crippen LogP contribution in [0.5, 0.6) is 0 Å². The lowest BCUT2D eigenvalue weighted by Gasteiger charge is -2.19. The summed E-state index contributed by atoms with van der Waals surface area (Å²) in [6.45, 7) is 1.88. The fourth-order valence-electron chi connectivity index (χ4n) is 2.52. The third-order valence-electron chi connectivity index (χ3n) is 3.55. The quantitative estimate of drug-likeness (QED) is 0.898. The van der Waals surface area contributed by atoms with E-state index in [1.165, 1.54) is 11.3 Å². The zero-order valence-corrected chi connectivity index (χ0v) is 12.1. The molecular weight excluding hydrogens is 286 g/mol. The van der Waals surface area contributed by atoms with Gasteiger partial charge in [-0.05, 0) is 31.9 Å². The van der Waals surface area contributed by atoms with Crippen LogP contribution in [-0.2, 0) is 9.59 Å². The minimum absolute atomic E-state index is 0.139. The van der Waals surface area contributed by atoms with Crippen LogP contribution in [0.1, 0.15) is 37.1 Å². The zero-order valence-electron chi connectivity index (χ0n) is 10.6. The lowest BCUT2D eigenvalue weighted by molar-refractivity contribution is -0.146. The molecule has 0 spiro atoms. The van der Waals surface area contributed by atoms with Crippen molar-refractivity contribution in [1.82, 2.24) is 5.32 Å². The molecule has 1 saturated carbocycles. The van der Waals surface area contributed by atoms with E-state index in [0.717, 1.165) is 11.3 Å². The maximum atomic E-state index is 12.1. The third kappa shape index (κ3) is 3.28. The highest BCUT2D eigenvalue weighted by atomic mass is 35.5. The van der Waals surface area contributed by atoms with Crippen LogP contribution in [0.25, 0.3) is 0 Å². The van der Waals surface area contributed by atoms with E-state index < -0.39 is 17.8 Å². The standard InChI is InChI=1S/C13H16ClNO3S/c1-7(10-5-6-11(14)19-10)15-12(16)8-3-2-4-9(8)13(17)18/h5-9H,2-4H2,1H3,(H,15,16)(H,17,18). The molecule has 104 valence electrons. The Morgan fingerprint density at radius 2 is 2.11 bits per heavy atom. The Balaban J connectivity index is 1.99. The smallest absolute Gasteiger partial charge is 0.307 e. The van der Waals surface area contributed by atoms with Gasteiger partial charge in [-0.25, -0.2) is 0 Å². The second-order valence-electron chi connectivity index (χ2n) is 4.85. The highest BCUT2D eigenvalue weighted by molar-refractivity contribution is 7.16. The van der Waals surface area contributed by atoms with Crippen LogP contribution in [0.15, 0.2) is 12.1 Å². The molecule has 6 heteroatoms. The molecule has 1 aromatic rings. The molecule has 0 bridgehead atoms. The van der Waals surface area contributed by atoms with Crippen molar-refractivity contribution in [2.45, 2.75) is 32.2 Å². The number of thiophene rings is 1. The summed E-state index contributed by atoms with van der Waals surface area (Å²) in [5.41, 5.74) is 0. The molecule has 2 N–H and O–H groups in total. The number of hydrogen-bond acceptors (Lipinski definition) is 3. The van der Waals surface area contributed by atoms with Crippen molar-refractivity contribution in [3.63, 3.8) is 0 Å². The Morgan fingerprint density at radius 1 is 1.42 bits per heavy atom. The monoisotopic (exact) mass is 301 g/mol. The van der Waals surface area contributed by atoms with Crippen molar-refractivity contribution in [3.05, 3.63) is 21.3 Å². The molecular formula is C13H16ClNO3S. The van der Waals surface area contributed by atoms with Gasteiger partial charge in [0.05, 0.1) is 22.2 Å². The van der Waals surface area contributed by atoms with E-state index in [1.807, 2.05) is 13.0 Å². The molecule has 0 saturated heterocycles. The van der Waals surface area contributed by atoms with Gasteiger partial charge in [0.1, 0.15) is 0 Å². The maximum absolute atomic E-state index is 12.1. The lowest BCUT2D eigenvalue weighted by Crippen LogP contribution is -2.36. The van der Waals surface area contributed by atoms with Crippen molar-refractivity contribution in [2.24, 2.45) is 11.8 Å². The van der Waals surface area contributed by atoms with E-state index in [4.69, 9.17) is 16.7 Å². The van der Waals surface area contributed by atoms with E-state index in [-0.39, 0.29) is 11.9 Å². The first-order valence-corrected chi connectivity index (χ1v) is 7.47. The van der Waals surface area contributed by atoms with Crippen LogP contribution in [0.2, 0.25) is 4.34 Å². The number of nitrogens with one attached hydrogen (secondary N) is 1. The minimum atomic E-state index is -0.871. The molecule has 0 radical (unpaired) electrons. The molecule has 4 nitrogen and oxygen atoms in total. The van der Waals surface area contributed by atoms with E-state index in [2.05, 4.69) is 5.32 Å². The number of carboxylic acid groups (broad SMARTS) is 1. The Morgan fingerprint density at radius 3 is 2.68 bits per heavy atom. The molecule has 0 aliphatic heterocycles. The highest BCUT2D eigenvalue weighted by Gasteiger charge is 2.38. The average Bonchev–Trinajstić information content (AvgIpc) is 2.96. The maximum Gasteiger partial charge on any atom is 0.307 e. The zero-order chi connectivity index (χ0) is 14.0. The molecule has 1 heterocycles. The number of rotatable bonds is 4. The number of aliphatic carboxylic acids is 1. The largest absolute Gasteiger partial charge is 0.481 e. The molecule has 0 aromatic carbocycles. The number of halogens is 1. The van der Waals surface area contributed by atoms with Gasteiger partial charge in [-0.1, -0.05) is 18.0 Å². The fourth-order valence-corrected chi connectivity index (χ4v) is 3.59. The molecule has 1 amide bonds. The number of carboxylic acids is 1. The first-order valence-electron chi connectivity index (χ1n) is 6.27. The number of amides is 1. The summed E-state index contributed by atoms with van der Waals surface area (Å²) < 4.78 is 0.681. The Bertz CT molecular complexity index is 488. The summed E-state index contributed by atoms with van der Waals surface area (Å²) in [5, 5.41) is 12.0. The molecule has 1 aliphatic carbocycles. The van der Waals surface area contributed by atoms with Gasteiger partial charge >= 0.3 is 5.97 Å². The summed E-state index contributed by atoms with van der Waals surface area (Å²) in [7, 11) is 0. The second kappa shape index (κ2) is 5.92. The van der Waals surface area contributed by atoms with Gasteiger partial charge in [0, 0.05) is 4.88 Å². The SMILES string of the molecule is CC(NC(=O)C1CCCC1C(=O)O)c1ccc(Cl)s1. The number of carbonyl (C=O) groups excluding carboxylic acids is 1. The summed E-state index contributed by atoms with van der Waals surface area (Å²) in [5.74, 6) is -1.99. The predicted octanol–water partition coefficient (Wildman–Crippen LogP) is 3.08. The molecule has 2 rings (SSSR count). The summed E-state index contributed by atoms with van der Waals surface area (Å²) >= 11 is 7.28. The Labute approximate surface area is 120 Å². The first kappa shape index (κ1) is 14.3. The van der Waals surface area contributed by atoms with Gasteiger partial charge < -0.3 is 10.4 Å². The number of carbonyl (C=O) groups is 2. The van der Waals surface area contributed by atoms with E-state index in [1.54, 1.807) is 6.07 Å². The fraction of sp³-hybridized carbons (Fsp3) is 0.538. The summed E-state index contributed by atoms with van der Waals surface area (Å²) in [6.07, 6.45) is 2.04. The van der Waals surface area contributed by atoms with Crippen molar-refractivity contribution in [1.29, 1.82) is 0 Å². The average molecular weight is 302 g/mol. The van der Waals surface area contributed by atoms with Crippen molar-refractivity contribution in [3.8, 4) is 0 Å². The van der Waals surface area contributed by atoms with E-state index in [9.17, 15) is 9.59 Å². The van der Waals surface area contributed by atoms with Crippen molar-refractivity contribution >= 4 is 34.8 Å². The highest BCUT2D eigenvalue weighted by Crippen LogP contribution is 2.33. The van der Waals surface area contributed by atoms with Gasteiger partial charge in [-0.15, -0.1) is 11.3 Å². The molecule has 3 unspecified atom stereocenters. The topological polar surface area (TPSA) is 66.4 Å². The molecule has 1 aliphatic rings. The van der Waals surface area contributed by atoms with Gasteiger partial charge in [-0.2, -0.15) is 0 Å². The van der Waals surface area contributed by atoms with Gasteiger partial charge in [0.2, 0.25) is 5.91 Å². The van der Waals surface area contributed by atoms with E-state index >= 15 is 0 Å². The third-order valence-corrected chi connectivity index (χ3v) is 4.96. The van der Waals surface area contributed by atoms with Crippen LogP contribution in [-0.4, -0.2) is 17.0 Å². The second-order valence-corrected chi connectivity index (χ2v) is 6.60. The van der Waals surface area contributed by atoms with Gasteiger partial charge in [0.15, 0.2) is 0 Å². The van der Waals surface area contributed by atoms with Crippen molar-refractivity contribution in [2.75, 3.05) is 0 Å². The van der Waals surface area contributed by atoms with Crippen molar-refractivity contribution < 1.29 is 14.7 Å². The van der Waals surface area contributed by atoms with Gasteiger partial charge in [0.25, 0.3) is 0 Å². The predicted molar refractivity (Wildman–Crippen MR) is 74.4 cm³/mol. The van der Waals surface area contributed by atoms with Crippen LogP contribution in [0, 0.1) is 11.8 Å². The Kier molecular flexibility index (Phi) is 4.47. The normalized spacial score (nSPS) is 24.1. The van der Waals surface area contributed by atoms with Crippen LogP contribution in [0.3, 0.4) is 0 Å². The summed E-state index contributed by atoms with van der Waals surface area (Å²) in [6, 6.07) is 3.53. The molecule has 3 atom stereocenters. The van der Waals surface area contributed by atoms with Crippen LogP contribution < -0.4 is 5.32 Å². The van der Waals surface area contributed by atoms with Gasteiger partial charge in [-0.3, -0.25) is 9.59 Å². The molecule has 1 aromatic heterocycles. The minimum Gasteiger partial charge on any atom is -0.481 e. The Hall–Kier alpha value is -1.07. The lowest BCUT2D eigenvalue weighted by atomic mass is 9.95. The molecule has 19 heavy (non-hydrogen) atoms. The van der Waals surface area contributed by atoms with Crippen LogP contribution >= 0.6 is 22.9 Å². The van der Waals surface area contributed by atoms with Crippen LogP contribution in [0.4, 0.5) is 0 Å². The van der Waals surface area contributed by atoms with E-state index in [0.29, 0.717) is 17.2 Å². The first-order chi connectivity index (χ1) is 8.99.